The van der Waals surface area contributed by atoms with Gasteiger partial charge in [0, 0.05) is 37.7 Å². The van der Waals surface area contributed by atoms with Crippen LogP contribution in [-0.2, 0) is 9.53 Å². The van der Waals surface area contributed by atoms with Gasteiger partial charge < -0.3 is 29.8 Å². The van der Waals surface area contributed by atoms with Gasteiger partial charge >= 0.3 is 11.7 Å². The molecule has 9 heteroatoms. The van der Waals surface area contributed by atoms with E-state index in [4.69, 9.17) is 9.15 Å². The first kappa shape index (κ1) is 27.5. The number of carbonyl (C=O) groups is 2. The van der Waals surface area contributed by atoms with E-state index in [0.29, 0.717) is 32.1 Å². The van der Waals surface area contributed by atoms with Gasteiger partial charge in [0.2, 0.25) is 5.91 Å². The minimum Gasteiger partial charge on any atom is -0.442 e. The van der Waals surface area contributed by atoms with Gasteiger partial charge in [0.1, 0.15) is 6.10 Å². The van der Waals surface area contributed by atoms with Crippen molar-refractivity contribution in [3.63, 3.8) is 0 Å². The lowest BCUT2D eigenvalue weighted by molar-refractivity contribution is -0.178. The first-order valence-corrected chi connectivity index (χ1v) is 15.1. The molecule has 218 valence electrons. The van der Waals surface area contributed by atoms with Gasteiger partial charge in [0.15, 0.2) is 0 Å². The van der Waals surface area contributed by atoms with E-state index in [1.165, 1.54) is 11.6 Å². The first-order chi connectivity index (χ1) is 19.1. The third-order valence-corrected chi connectivity index (χ3v) is 11.5. The van der Waals surface area contributed by atoms with Gasteiger partial charge in [-0.25, -0.2) is 9.59 Å². The Morgan fingerprint density at radius 2 is 2.00 bits per heavy atom. The maximum absolute atomic E-state index is 12.5. The van der Waals surface area contributed by atoms with Gasteiger partial charge in [0.25, 0.3) is 0 Å². The molecule has 0 unspecified atom stereocenters. The largest absolute Gasteiger partial charge is 0.442 e. The van der Waals surface area contributed by atoms with Crippen LogP contribution in [-0.4, -0.2) is 66.4 Å². The van der Waals surface area contributed by atoms with Gasteiger partial charge in [-0.05, 0) is 92.2 Å². The summed E-state index contributed by atoms with van der Waals surface area (Å²) in [6, 6.07) is 3.37. The third kappa shape index (κ3) is 4.49. The molecule has 7 atom stereocenters. The van der Waals surface area contributed by atoms with Crippen molar-refractivity contribution in [1.82, 2.24) is 15.5 Å². The van der Waals surface area contributed by atoms with Crippen LogP contribution in [0.4, 0.5) is 4.79 Å². The smallest absolute Gasteiger partial charge is 0.407 e. The normalized spacial score (nSPS) is 39.0. The fourth-order valence-corrected chi connectivity index (χ4v) is 9.22. The number of aliphatic hydroxyl groups is 1. The molecule has 0 spiro atoms. The number of carbonyl (C=O) groups excluding carboxylic acids is 2. The summed E-state index contributed by atoms with van der Waals surface area (Å²) in [4.78, 5) is 37.8. The fraction of sp³-hybridized carbons (Fsp3) is 0.710. The Balaban J connectivity index is 1.10. The number of alkyl carbamates (subject to hydrolysis) is 1. The van der Waals surface area contributed by atoms with Crippen LogP contribution in [0.2, 0.25) is 0 Å². The van der Waals surface area contributed by atoms with Gasteiger partial charge in [0.05, 0.1) is 18.4 Å². The number of piperazine rings is 1. The van der Waals surface area contributed by atoms with Crippen LogP contribution in [0.3, 0.4) is 0 Å². The summed E-state index contributed by atoms with van der Waals surface area (Å²) in [5, 5.41) is 18.3. The molecule has 1 saturated heterocycles. The highest BCUT2D eigenvalue weighted by molar-refractivity contribution is 5.79. The molecule has 5 aliphatic rings. The minimum atomic E-state index is -0.746. The summed E-state index contributed by atoms with van der Waals surface area (Å²) in [6.07, 6.45) is 10.3. The van der Waals surface area contributed by atoms with Crippen LogP contribution in [0.5, 0.6) is 0 Å². The van der Waals surface area contributed by atoms with E-state index >= 15 is 0 Å². The van der Waals surface area contributed by atoms with Crippen molar-refractivity contribution in [1.29, 1.82) is 0 Å². The summed E-state index contributed by atoms with van der Waals surface area (Å²) in [5.41, 5.74) is 1.06. The van der Waals surface area contributed by atoms with Crippen LogP contribution < -0.4 is 16.3 Å². The molecular weight excluding hydrogens is 510 g/mol. The second kappa shape index (κ2) is 10.3. The molecule has 9 nitrogen and oxygen atoms in total. The molecule has 0 aromatic carbocycles. The number of allylic oxidation sites excluding steroid dienone is 1. The Labute approximate surface area is 235 Å². The van der Waals surface area contributed by atoms with E-state index in [2.05, 4.69) is 30.6 Å². The number of nitrogens with zero attached hydrogens (tertiary/aromatic N) is 1. The monoisotopic (exact) mass is 553 g/mol. The highest BCUT2D eigenvalue weighted by Crippen LogP contribution is 2.70. The van der Waals surface area contributed by atoms with Crippen LogP contribution in [0, 0.1) is 22.7 Å². The lowest BCUT2D eigenvalue weighted by atomic mass is 9.45. The van der Waals surface area contributed by atoms with Crippen molar-refractivity contribution in [2.24, 2.45) is 22.7 Å². The molecule has 1 aromatic heterocycles. The zero-order valence-electron chi connectivity index (χ0n) is 23.7. The lowest BCUT2D eigenvalue weighted by Crippen LogP contribution is -2.60. The highest BCUT2D eigenvalue weighted by Gasteiger charge is 2.66. The maximum Gasteiger partial charge on any atom is 0.407 e. The number of nitrogens with one attached hydrogen (secondary N) is 2. The average Bonchev–Trinajstić information content (AvgIpc) is 3.21. The Morgan fingerprint density at radius 1 is 1.15 bits per heavy atom. The molecule has 40 heavy (non-hydrogen) atoms. The molecule has 3 saturated carbocycles. The topological polar surface area (TPSA) is 121 Å². The number of hydrogen-bond acceptors (Lipinski definition) is 7. The second-order valence-corrected chi connectivity index (χ2v) is 13.2. The van der Waals surface area contributed by atoms with Gasteiger partial charge in [-0.15, -0.1) is 0 Å². The Bertz CT molecular complexity index is 1230. The van der Waals surface area contributed by atoms with Crippen LogP contribution >= 0.6 is 0 Å². The maximum atomic E-state index is 12.5. The SMILES string of the molecule is C[C@]12CC[C@H](OC(=O)NCCN3CCNCC3=O)C=C1CC[C@@H]1[C@@H]2CC[C@]2(C)[C@@H](c3ccc(=O)oc3)CC[C@]12O. The first-order valence-electron chi connectivity index (χ1n) is 15.1. The Hall–Kier alpha value is -2.65. The van der Waals surface area contributed by atoms with Crippen molar-refractivity contribution in [2.45, 2.75) is 82.8 Å². The minimum absolute atomic E-state index is 0.00337. The fourth-order valence-electron chi connectivity index (χ4n) is 9.22. The zero-order valence-corrected chi connectivity index (χ0v) is 23.7. The van der Waals surface area contributed by atoms with Crippen LogP contribution in [0.25, 0.3) is 0 Å². The summed E-state index contributed by atoms with van der Waals surface area (Å²) >= 11 is 0. The molecule has 1 aromatic rings. The predicted molar refractivity (Wildman–Crippen MR) is 149 cm³/mol. The van der Waals surface area contributed by atoms with Crippen molar-refractivity contribution >= 4 is 12.0 Å². The summed E-state index contributed by atoms with van der Waals surface area (Å²) < 4.78 is 11.0. The van der Waals surface area contributed by atoms with Crippen molar-refractivity contribution < 1.29 is 23.8 Å². The average molecular weight is 554 g/mol. The summed E-state index contributed by atoms with van der Waals surface area (Å²) in [7, 11) is 0. The molecule has 0 bridgehead atoms. The van der Waals surface area contributed by atoms with E-state index in [0.717, 1.165) is 63.5 Å². The second-order valence-electron chi connectivity index (χ2n) is 13.2. The third-order valence-electron chi connectivity index (χ3n) is 11.5. The zero-order chi connectivity index (χ0) is 28.1. The lowest BCUT2D eigenvalue weighted by Gasteiger charge is -2.61. The molecule has 2 heterocycles. The highest BCUT2D eigenvalue weighted by atomic mass is 16.6. The van der Waals surface area contributed by atoms with E-state index in [1.807, 2.05) is 6.07 Å². The number of hydrogen-bond donors (Lipinski definition) is 3. The number of rotatable bonds is 5. The van der Waals surface area contributed by atoms with E-state index < -0.39 is 11.7 Å². The summed E-state index contributed by atoms with van der Waals surface area (Å²) in [6.45, 7) is 7.26. The van der Waals surface area contributed by atoms with E-state index in [-0.39, 0.29) is 40.3 Å². The number of ether oxygens (including phenoxy) is 1. The Morgan fingerprint density at radius 3 is 2.77 bits per heavy atom. The van der Waals surface area contributed by atoms with Gasteiger partial charge in [-0.2, -0.15) is 0 Å². The molecular formula is C31H43N3O6. The number of fused-ring (bicyclic) bond motifs is 5. The van der Waals surface area contributed by atoms with Crippen molar-refractivity contribution in [2.75, 3.05) is 32.7 Å². The molecule has 3 N–H and O–H groups in total. The predicted octanol–water partition coefficient (Wildman–Crippen LogP) is 3.33. The quantitative estimate of drug-likeness (QED) is 0.479. The molecule has 4 aliphatic carbocycles. The standard InChI is InChI=1S/C31H43N3O6/c1-29-10-7-22(40-28(37)33-14-16-34-15-13-32-18-26(34)35)17-21(29)4-5-25-24(29)8-11-30(2)23(9-12-31(25,30)38)20-3-6-27(36)39-19-20/h3,6,17,19,22-25,32,38H,4-5,7-16,18H2,1-2H3,(H,33,37)/t22-,23+,24-,25+,29-,30+,31-/m0/s1. The van der Waals surface area contributed by atoms with Crippen molar-refractivity contribution in [3.05, 3.63) is 46.0 Å². The molecule has 6 rings (SSSR count). The molecule has 0 radical (unpaired) electrons. The Kier molecular flexibility index (Phi) is 7.10. The molecule has 4 fully saturated rings. The molecule has 1 aliphatic heterocycles. The van der Waals surface area contributed by atoms with Crippen LogP contribution in [0.15, 0.2) is 39.3 Å². The molecule has 2 amide bonds. The van der Waals surface area contributed by atoms with Crippen LogP contribution in [0.1, 0.15) is 76.7 Å². The van der Waals surface area contributed by atoms with E-state index in [9.17, 15) is 19.5 Å². The van der Waals surface area contributed by atoms with E-state index in [1.54, 1.807) is 11.2 Å². The number of amides is 2. The van der Waals surface area contributed by atoms with Gasteiger partial charge in [-0.1, -0.05) is 19.4 Å². The van der Waals surface area contributed by atoms with Crippen molar-refractivity contribution in [3.8, 4) is 0 Å². The van der Waals surface area contributed by atoms with Gasteiger partial charge in [-0.3, -0.25) is 4.79 Å². The summed E-state index contributed by atoms with van der Waals surface area (Å²) in [5.74, 6) is 0.856.